The van der Waals surface area contributed by atoms with Gasteiger partial charge in [-0.1, -0.05) is 42.5 Å². The van der Waals surface area contributed by atoms with Crippen molar-refractivity contribution < 1.29 is 14.6 Å². The number of carboxylic acid groups (broad SMARTS) is 1. The summed E-state index contributed by atoms with van der Waals surface area (Å²) >= 11 is 0. The Morgan fingerprint density at radius 1 is 1.07 bits per heavy atom. The number of carbonyl (C=O) groups is 1. The number of hydrogen-bond acceptors (Lipinski definition) is 5. The van der Waals surface area contributed by atoms with E-state index in [9.17, 15) is 9.90 Å². The zero-order valence-electron chi connectivity index (χ0n) is 17.4. The number of rotatable bonds is 10. The van der Waals surface area contributed by atoms with E-state index in [4.69, 9.17) is 4.74 Å². The van der Waals surface area contributed by atoms with Crippen LogP contribution in [0, 0.1) is 13.8 Å². The van der Waals surface area contributed by atoms with Crippen molar-refractivity contribution in [2.45, 2.75) is 33.1 Å². The van der Waals surface area contributed by atoms with Gasteiger partial charge in [0.15, 0.2) is 0 Å². The Labute approximate surface area is 177 Å². The molecule has 0 bridgehead atoms. The molecule has 0 unspecified atom stereocenters. The van der Waals surface area contributed by atoms with Gasteiger partial charge in [-0.3, -0.25) is 0 Å². The minimum Gasteiger partial charge on any atom is -0.491 e. The number of anilines is 1. The molecule has 0 radical (unpaired) electrons. The topological polar surface area (TPSA) is 84.3 Å². The number of benzene rings is 2. The van der Waals surface area contributed by atoms with E-state index in [0.29, 0.717) is 31.2 Å². The fourth-order valence-electron chi connectivity index (χ4n) is 3.18. The van der Waals surface area contributed by atoms with E-state index in [1.165, 1.54) is 17.3 Å². The van der Waals surface area contributed by atoms with Crippen LogP contribution in [-0.4, -0.2) is 34.2 Å². The third-order valence-electron chi connectivity index (χ3n) is 5.02. The van der Waals surface area contributed by atoms with Crippen LogP contribution in [0.2, 0.25) is 0 Å². The summed E-state index contributed by atoms with van der Waals surface area (Å²) in [5.41, 5.74) is 4.24. The van der Waals surface area contributed by atoms with Crippen LogP contribution in [0.25, 0.3) is 0 Å². The van der Waals surface area contributed by atoms with Crippen LogP contribution in [0.4, 0.5) is 5.95 Å². The largest absolute Gasteiger partial charge is 0.491 e. The van der Waals surface area contributed by atoms with Crippen molar-refractivity contribution in [1.82, 2.24) is 9.97 Å². The molecule has 2 aromatic carbocycles. The van der Waals surface area contributed by atoms with Gasteiger partial charge in [-0.2, -0.15) is 0 Å². The summed E-state index contributed by atoms with van der Waals surface area (Å²) in [6, 6.07) is 16.1. The maximum atomic E-state index is 11.5. The standard InChI is InChI=1S/C24H27N3O3/c1-17-8-6-13-22(18(17)2)30-15-14-25-24-26-16-20(23(28)29)21(27-24)12-7-11-19-9-4-3-5-10-19/h3-6,8-10,13,16H,7,11-12,14-15H2,1-2H3,(H,28,29)(H,25,26,27). The van der Waals surface area contributed by atoms with Gasteiger partial charge in [-0.05, 0) is 55.9 Å². The summed E-state index contributed by atoms with van der Waals surface area (Å²) in [4.78, 5) is 20.1. The monoisotopic (exact) mass is 405 g/mol. The van der Waals surface area contributed by atoms with Crippen molar-refractivity contribution in [3.05, 3.63) is 82.7 Å². The van der Waals surface area contributed by atoms with E-state index in [-0.39, 0.29) is 5.56 Å². The molecule has 0 spiro atoms. The fraction of sp³-hybridized carbons (Fsp3) is 0.292. The molecule has 30 heavy (non-hydrogen) atoms. The van der Waals surface area contributed by atoms with Gasteiger partial charge in [0.1, 0.15) is 12.4 Å². The molecule has 0 aliphatic heterocycles. The maximum Gasteiger partial charge on any atom is 0.339 e. The van der Waals surface area contributed by atoms with Gasteiger partial charge in [-0.25, -0.2) is 14.8 Å². The lowest BCUT2D eigenvalue weighted by molar-refractivity contribution is 0.0694. The number of hydrogen-bond donors (Lipinski definition) is 2. The lowest BCUT2D eigenvalue weighted by atomic mass is 10.1. The van der Waals surface area contributed by atoms with Crippen molar-refractivity contribution in [1.29, 1.82) is 0 Å². The van der Waals surface area contributed by atoms with Gasteiger partial charge < -0.3 is 15.2 Å². The molecule has 6 heteroatoms. The predicted molar refractivity (Wildman–Crippen MR) is 117 cm³/mol. The predicted octanol–water partition coefficient (Wildman–Crippen LogP) is 4.46. The summed E-state index contributed by atoms with van der Waals surface area (Å²) in [6.07, 6.45) is 3.64. The van der Waals surface area contributed by atoms with Crippen molar-refractivity contribution in [3.8, 4) is 5.75 Å². The first-order valence-electron chi connectivity index (χ1n) is 10.1. The Kier molecular flexibility index (Phi) is 7.38. The van der Waals surface area contributed by atoms with E-state index in [1.54, 1.807) is 0 Å². The summed E-state index contributed by atoms with van der Waals surface area (Å²) in [5.74, 6) is 0.273. The van der Waals surface area contributed by atoms with E-state index in [0.717, 1.165) is 24.2 Å². The minimum absolute atomic E-state index is 0.153. The molecule has 0 amide bonds. The minimum atomic E-state index is -1.01. The Bertz CT molecular complexity index is 990. The Balaban J connectivity index is 1.56. The van der Waals surface area contributed by atoms with Crippen LogP contribution >= 0.6 is 0 Å². The van der Waals surface area contributed by atoms with Crippen molar-refractivity contribution >= 4 is 11.9 Å². The van der Waals surface area contributed by atoms with E-state index < -0.39 is 5.97 Å². The molecule has 0 fully saturated rings. The first-order valence-corrected chi connectivity index (χ1v) is 10.1. The molecular formula is C24H27N3O3. The molecule has 1 heterocycles. The summed E-state index contributed by atoms with van der Waals surface area (Å²) in [7, 11) is 0. The molecule has 0 aliphatic rings. The lowest BCUT2D eigenvalue weighted by Gasteiger charge is -2.12. The van der Waals surface area contributed by atoms with Crippen LogP contribution in [0.5, 0.6) is 5.75 Å². The number of nitrogens with zero attached hydrogens (tertiary/aromatic N) is 2. The van der Waals surface area contributed by atoms with Crippen LogP contribution in [-0.2, 0) is 12.8 Å². The van der Waals surface area contributed by atoms with Crippen LogP contribution in [0.3, 0.4) is 0 Å². The van der Waals surface area contributed by atoms with Gasteiger partial charge in [0.2, 0.25) is 5.95 Å². The number of aromatic carboxylic acids is 1. The second-order valence-corrected chi connectivity index (χ2v) is 7.17. The maximum absolute atomic E-state index is 11.5. The average molecular weight is 405 g/mol. The molecular weight excluding hydrogens is 378 g/mol. The van der Waals surface area contributed by atoms with Crippen LogP contribution in [0.15, 0.2) is 54.7 Å². The highest BCUT2D eigenvalue weighted by molar-refractivity contribution is 5.88. The zero-order valence-corrected chi connectivity index (χ0v) is 17.4. The quantitative estimate of drug-likeness (QED) is 0.485. The number of aromatic nitrogens is 2. The van der Waals surface area contributed by atoms with Crippen LogP contribution in [0.1, 0.15) is 39.2 Å². The molecule has 1 aromatic heterocycles. The molecule has 0 saturated carbocycles. The van der Waals surface area contributed by atoms with Crippen molar-refractivity contribution in [2.24, 2.45) is 0 Å². The average Bonchev–Trinajstić information content (AvgIpc) is 2.75. The fourth-order valence-corrected chi connectivity index (χ4v) is 3.18. The van der Waals surface area contributed by atoms with Gasteiger partial charge in [0.25, 0.3) is 0 Å². The Hall–Kier alpha value is -3.41. The third kappa shape index (κ3) is 5.80. The lowest BCUT2D eigenvalue weighted by Crippen LogP contribution is -2.16. The molecule has 3 aromatic rings. The van der Waals surface area contributed by atoms with Gasteiger partial charge in [0.05, 0.1) is 17.8 Å². The SMILES string of the molecule is Cc1cccc(OCCNc2ncc(C(=O)O)c(CCCc3ccccc3)n2)c1C. The molecule has 6 nitrogen and oxygen atoms in total. The molecule has 0 saturated heterocycles. The van der Waals surface area contributed by atoms with Crippen molar-refractivity contribution in [2.75, 3.05) is 18.5 Å². The van der Waals surface area contributed by atoms with Gasteiger partial charge in [-0.15, -0.1) is 0 Å². The second-order valence-electron chi connectivity index (χ2n) is 7.17. The summed E-state index contributed by atoms with van der Waals surface area (Å²) < 4.78 is 5.83. The Morgan fingerprint density at radius 2 is 1.87 bits per heavy atom. The molecule has 0 atom stereocenters. The number of ether oxygens (including phenoxy) is 1. The van der Waals surface area contributed by atoms with E-state index in [1.807, 2.05) is 37.3 Å². The number of carboxylic acids is 1. The zero-order chi connectivity index (χ0) is 21.3. The van der Waals surface area contributed by atoms with E-state index >= 15 is 0 Å². The second kappa shape index (κ2) is 10.4. The highest BCUT2D eigenvalue weighted by Gasteiger charge is 2.13. The highest BCUT2D eigenvalue weighted by Crippen LogP contribution is 2.20. The molecule has 156 valence electrons. The summed E-state index contributed by atoms with van der Waals surface area (Å²) in [6.45, 7) is 5.06. The van der Waals surface area contributed by atoms with Crippen LogP contribution < -0.4 is 10.1 Å². The first kappa shape index (κ1) is 21.3. The third-order valence-corrected chi connectivity index (χ3v) is 5.02. The molecule has 3 rings (SSSR count). The van der Waals surface area contributed by atoms with Gasteiger partial charge >= 0.3 is 5.97 Å². The first-order chi connectivity index (χ1) is 14.5. The van der Waals surface area contributed by atoms with Gasteiger partial charge in [0, 0.05) is 6.20 Å². The number of nitrogens with one attached hydrogen (secondary N) is 1. The van der Waals surface area contributed by atoms with Crippen molar-refractivity contribution in [3.63, 3.8) is 0 Å². The molecule has 2 N–H and O–H groups in total. The summed E-state index contributed by atoms with van der Waals surface area (Å²) in [5, 5.41) is 12.6. The molecule has 0 aliphatic carbocycles. The highest BCUT2D eigenvalue weighted by atomic mass is 16.5. The smallest absolute Gasteiger partial charge is 0.339 e. The normalized spacial score (nSPS) is 10.6. The Morgan fingerprint density at radius 3 is 2.63 bits per heavy atom. The van der Waals surface area contributed by atoms with E-state index in [2.05, 4.69) is 40.4 Å². The number of aryl methyl sites for hydroxylation is 3.